The third-order valence-electron chi connectivity index (χ3n) is 6.13. The van der Waals surface area contributed by atoms with Crippen molar-refractivity contribution in [2.75, 3.05) is 0 Å². The van der Waals surface area contributed by atoms with Crippen LogP contribution in [0.3, 0.4) is 0 Å². The minimum Gasteiger partial charge on any atom is -0.353 e. The van der Waals surface area contributed by atoms with Crippen molar-refractivity contribution in [3.8, 4) is 0 Å². The number of carbonyl (C=O) groups is 1. The van der Waals surface area contributed by atoms with Crippen molar-refractivity contribution < 1.29 is 4.79 Å². The fraction of sp³-hybridized carbons (Fsp3) is 0.941. The van der Waals surface area contributed by atoms with E-state index in [9.17, 15) is 4.79 Å². The molecule has 0 aromatic carbocycles. The Bertz CT molecular complexity index is 375. The molecule has 2 saturated carbocycles. The van der Waals surface area contributed by atoms with E-state index in [1.807, 2.05) is 0 Å². The van der Waals surface area contributed by atoms with E-state index in [1.165, 1.54) is 6.42 Å². The predicted molar refractivity (Wildman–Crippen MR) is 83.2 cm³/mol. The fourth-order valence-electron chi connectivity index (χ4n) is 4.18. The van der Waals surface area contributed by atoms with E-state index in [4.69, 9.17) is 5.73 Å². The summed E-state index contributed by atoms with van der Waals surface area (Å²) in [5.41, 5.74) is 6.56. The first-order valence-corrected chi connectivity index (χ1v) is 8.19. The molecule has 3 heteroatoms. The Labute approximate surface area is 124 Å². The second-order valence-corrected chi connectivity index (χ2v) is 8.52. The Morgan fingerprint density at radius 1 is 1.15 bits per heavy atom. The van der Waals surface area contributed by atoms with Gasteiger partial charge in [-0.05, 0) is 48.9 Å². The molecule has 0 aromatic rings. The highest BCUT2D eigenvalue weighted by atomic mass is 16.2. The molecule has 2 aliphatic rings. The van der Waals surface area contributed by atoms with Crippen LogP contribution in [0.1, 0.15) is 66.7 Å². The van der Waals surface area contributed by atoms with Crippen molar-refractivity contribution in [3.63, 3.8) is 0 Å². The zero-order chi connectivity index (χ0) is 15.1. The largest absolute Gasteiger partial charge is 0.353 e. The summed E-state index contributed by atoms with van der Waals surface area (Å²) >= 11 is 0. The summed E-state index contributed by atoms with van der Waals surface area (Å²) in [6.45, 7) is 11.2. The number of hydrogen-bond donors (Lipinski definition) is 2. The van der Waals surface area contributed by atoms with Gasteiger partial charge in [-0.15, -0.1) is 0 Å². The number of hydrogen-bond acceptors (Lipinski definition) is 2. The van der Waals surface area contributed by atoms with Crippen LogP contribution in [0, 0.1) is 22.7 Å². The van der Waals surface area contributed by atoms with Gasteiger partial charge < -0.3 is 11.1 Å². The van der Waals surface area contributed by atoms with E-state index in [-0.39, 0.29) is 23.3 Å². The molecular weight excluding hydrogens is 248 g/mol. The lowest BCUT2D eigenvalue weighted by Gasteiger charge is -2.46. The van der Waals surface area contributed by atoms with E-state index in [0.29, 0.717) is 17.4 Å². The van der Waals surface area contributed by atoms with E-state index in [0.717, 1.165) is 25.7 Å². The number of nitrogens with one attached hydrogen (secondary N) is 1. The Morgan fingerprint density at radius 2 is 1.80 bits per heavy atom. The average molecular weight is 280 g/mol. The molecule has 2 aliphatic carbocycles. The van der Waals surface area contributed by atoms with Crippen molar-refractivity contribution >= 4 is 5.91 Å². The SMILES string of the molecule is CC1C(N)CCC(C(=O)NC2CCC(C)(C)C2)C1(C)C. The average Bonchev–Trinajstić information content (AvgIpc) is 2.65. The second-order valence-electron chi connectivity index (χ2n) is 8.52. The van der Waals surface area contributed by atoms with Crippen molar-refractivity contribution in [2.24, 2.45) is 28.4 Å². The van der Waals surface area contributed by atoms with Gasteiger partial charge in [0.25, 0.3) is 0 Å². The molecule has 2 fully saturated rings. The van der Waals surface area contributed by atoms with Gasteiger partial charge in [0.2, 0.25) is 5.91 Å². The summed E-state index contributed by atoms with van der Waals surface area (Å²) in [4.78, 5) is 12.7. The van der Waals surface area contributed by atoms with E-state index in [2.05, 4.69) is 39.9 Å². The molecule has 116 valence electrons. The molecule has 1 amide bonds. The number of amides is 1. The van der Waals surface area contributed by atoms with Crippen LogP contribution in [-0.2, 0) is 4.79 Å². The van der Waals surface area contributed by atoms with Crippen molar-refractivity contribution in [3.05, 3.63) is 0 Å². The van der Waals surface area contributed by atoms with Crippen molar-refractivity contribution in [1.29, 1.82) is 0 Å². The number of rotatable bonds is 2. The monoisotopic (exact) mass is 280 g/mol. The van der Waals surface area contributed by atoms with Gasteiger partial charge in [-0.1, -0.05) is 34.6 Å². The summed E-state index contributed by atoms with van der Waals surface area (Å²) in [5, 5.41) is 3.32. The van der Waals surface area contributed by atoms with Crippen LogP contribution in [0.4, 0.5) is 0 Å². The molecule has 20 heavy (non-hydrogen) atoms. The van der Waals surface area contributed by atoms with Crippen LogP contribution in [0.5, 0.6) is 0 Å². The maximum atomic E-state index is 12.7. The summed E-state index contributed by atoms with van der Waals surface area (Å²) in [6, 6.07) is 0.610. The van der Waals surface area contributed by atoms with Crippen LogP contribution >= 0.6 is 0 Å². The van der Waals surface area contributed by atoms with Crippen LogP contribution in [-0.4, -0.2) is 18.0 Å². The molecule has 0 radical (unpaired) electrons. The number of carbonyl (C=O) groups excluding carboxylic acids is 1. The Balaban J connectivity index is 1.99. The quantitative estimate of drug-likeness (QED) is 0.816. The van der Waals surface area contributed by atoms with Crippen LogP contribution in [0.15, 0.2) is 0 Å². The molecule has 0 heterocycles. The Hall–Kier alpha value is -0.570. The van der Waals surface area contributed by atoms with Gasteiger partial charge in [0, 0.05) is 18.0 Å². The lowest BCUT2D eigenvalue weighted by Crippen LogP contribution is -2.52. The molecule has 0 bridgehead atoms. The van der Waals surface area contributed by atoms with Crippen LogP contribution in [0.25, 0.3) is 0 Å². The summed E-state index contributed by atoms with van der Waals surface area (Å²) in [6.07, 6.45) is 5.36. The van der Waals surface area contributed by atoms with E-state index in [1.54, 1.807) is 0 Å². The molecule has 4 unspecified atom stereocenters. The molecule has 3 N–H and O–H groups in total. The van der Waals surface area contributed by atoms with Gasteiger partial charge in [0.05, 0.1) is 0 Å². The summed E-state index contributed by atoms with van der Waals surface area (Å²) < 4.78 is 0. The van der Waals surface area contributed by atoms with E-state index < -0.39 is 0 Å². The minimum atomic E-state index is -0.00410. The van der Waals surface area contributed by atoms with Crippen molar-refractivity contribution in [2.45, 2.75) is 78.8 Å². The van der Waals surface area contributed by atoms with Gasteiger partial charge in [-0.3, -0.25) is 4.79 Å². The second kappa shape index (κ2) is 5.32. The van der Waals surface area contributed by atoms with E-state index >= 15 is 0 Å². The third kappa shape index (κ3) is 3.03. The first-order valence-electron chi connectivity index (χ1n) is 8.19. The molecular formula is C17H32N2O. The number of nitrogens with two attached hydrogens (primary N) is 1. The highest BCUT2D eigenvalue weighted by molar-refractivity contribution is 5.80. The fourth-order valence-corrected chi connectivity index (χ4v) is 4.18. The normalized spacial score (nSPS) is 39.5. The maximum absolute atomic E-state index is 12.7. The zero-order valence-electron chi connectivity index (χ0n) is 13.8. The van der Waals surface area contributed by atoms with Gasteiger partial charge in [-0.25, -0.2) is 0 Å². The molecule has 0 aliphatic heterocycles. The lowest BCUT2D eigenvalue weighted by molar-refractivity contribution is -0.133. The molecule has 0 aromatic heterocycles. The molecule has 4 atom stereocenters. The maximum Gasteiger partial charge on any atom is 0.223 e. The third-order valence-corrected chi connectivity index (χ3v) is 6.13. The summed E-state index contributed by atoms with van der Waals surface area (Å²) in [5.74, 6) is 0.768. The van der Waals surface area contributed by atoms with Gasteiger partial charge in [-0.2, -0.15) is 0 Å². The molecule has 3 nitrogen and oxygen atoms in total. The first-order chi connectivity index (χ1) is 9.13. The molecule has 2 rings (SSSR count). The van der Waals surface area contributed by atoms with Gasteiger partial charge in [0.1, 0.15) is 0 Å². The first kappa shape index (κ1) is 15.8. The Morgan fingerprint density at radius 3 is 2.35 bits per heavy atom. The highest BCUT2D eigenvalue weighted by Gasteiger charge is 2.45. The van der Waals surface area contributed by atoms with Crippen molar-refractivity contribution in [1.82, 2.24) is 5.32 Å². The molecule has 0 spiro atoms. The highest BCUT2D eigenvalue weighted by Crippen LogP contribution is 2.45. The standard InChI is InChI=1S/C17H32N2O/c1-11-14(18)7-6-13(17(11,4)5)15(20)19-12-8-9-16(2,3)10-12/h11-14H,6-10,18H2,1-5H3,(H,19,20). The Kier molecular flexibility index (Phi) is 4.21. The smallest absolute Gasteiger partial charge is 0.223 e. The van der Waals surface area contributed by atoms with Crippen LogP contribution < -0.4 is 11.1 Å². The van der Waals surface area contributed by atoms with Gasteiger partial charge in [0.15, 0.2) is 0 Å². The lowest BCUT2D eigenvalue weighted by atomic mass is 9.61. The summed E-state index contributed by atoms with van der Waals surface area (Å²) in [7, 11) is 0. The molecule has 0 saturated heterocycles. The van der Waals surface area contributed by atoms with Crippen LogP contribution in [0.2, 0.25) is 0 Å². The van der Waals surface area contributed by atoms with Gasteiger partial charge >= 0.3 is 0 Å². The topological polar surface area (TPSA) is 55.1 Å². The zero-order valence-corrected chi connectivity index (χ0v) is 13.8. The predicted octanol–water partition coefficient (Wildman–Crippen LogP) is 3.08. The minimum absolute atomic E-state index is 0.00410.